The molecule has 4 aromatic rings. The highest BCUT2D eigenvalue weighted by Crippen LogP contribution is 2.32. The summed E-state index contributed by atoms with van der Waals surface area (Å²) in [6.07, 6.45) is 0.763. The number of ether oxygens (including phenoxy) is 1. The van der Waals surface area contributed by atoms with E-state index in [2.05, 4.69) is 59.2 Å². The molecule has 0 saturated carbocycles. The fourth-order valence-electron chi connectivity index (χ4n) is 4.57. The maximum absolute atomic E-state index is 11.4. The summed E-state index contributed by atoms with van der Waals surface area (Å²) in [5.74, 6) is -0.113. The summed E-state index contributed by atoms with van der Waals surface area (Å²) in [6.45, 7) is 5.71. The Kier molecular flexibility index (Phi) is 7.39. The molecule has 1 aliphatic heterocycles. The van der Waals surface area contributed by atoms with Crippen LogP contribution < -0.4 is 14.8 Å². The molecule has 0 amide bonds. The predicted octanol–water partition coefficient (Wildman–Crippen LogP) is 5.84. The van der Waals surface area contributed by atoms with Crippen molar-refractivity contribution < 1.29 is 14.6 Å². The van der Waals surface area contributed by atoms with E-state index in [4.69, 9.17) is 9.72 Å². The van der Waals surface area contributed by atoms with E-state index in [1.54, 1.807) is 18.2 Å². The Balaban J connectivity index is 1.49. The molecule has 8 heteroatoms. The molecule has 0 bridgehead atoms. The maximum atomic E-state index is 11.4. The number of benzene rings is 3. The van der Waals surface area contributed by atoms with E-state index < -0.39 is 5.97 Å². The van der Waals surface area contributed by atoms with E-state index in [0.717, 1.165) is 45.8 Å². The molecule has 0 saturated heterocycles. The Morgan fingerprint density at radius 2 is 1.81 bits per heavy atom. The predicted molar refractivity (Wildman–Crippen MR) is 146 cm³/mol. The average Bonchev–Trinajstić information content (AvgIpc) is 3.10. The summed E-state index contributed by atoms with van der Waals surface area (Å²) in [5.41, 5.74) is 6.68. The molecule has 1 atom stereocenters. The molecule has 0 radical (unpaired) electrons. The van der Waals surface area contributed by atoms with Crippen LogP contribution in [0.4, 0.5) is 5.95 Å². The van der Waals surface area contributed by atoms with Gasteiger partial charge in [-0.05, 0) is 79.2 Å². The topological polar surface area (TPSA) is 96.4 Å². The maximum Gasteiger partial charge on any atom is 0.335 e. The van der Waals surface area contributed by atoms with Gasteiger partial charge in [0.1, 0.15) is 6.10 Å². The molecule has 0 aliphatic carbocycles. The van der Waals surface area contributed by atoms with Gasteiger partial charge in [0, 0.05) is 23.1 Å². The third kappa shape index (κ3) is 5.76. The lowest BCUT2D eigenvalue weighted by Gasteiger charge is -2.20. The fourth-order valence-corrected chi connectivity index (χ4v) is 5.20. The summed E-state index contributed by atoms with van der Waals surface area (Å²) in [6, 6.07) is 23.1. The number of hydrogen-bond donors (Lipinski definition) is 3. The molecule has 1 unspecified atom stereocenters. The highest BCUT2D eigenvalue weighted by molar-refractivity contribution is 8.00. The molecule has 0 fully saturated rings. The number of carboxylic acids is 1. The van der Waals surface area contributed by atoms with Crippen LogP contribution in [-0.4, -0.2) is 34.1 Å². The van der Waals surface area contributed by atoms with Gasteiger partial charge in [0.05, 0.1) is 11.3 Å². The number of fused-ring (bicyclic) bond motifs is 1. The standard InChI is InChI=1S/C29H28N4O3S/c1-18-7-5-8-19(2)27(18)24-16-26(36-25-17-30-14-13-20-9-3-4-12-23(20)25)32-29(31-24)33-37-22-11-6-10-21(15-22)28(34)35/h3-12,15-16,25,30H,13-14,17H2,1-2H3,(H,34,35)(H,31,32,33). The first-order valence-electron chi connectivity index (χ1n) is 12.1. The molecule has 1 aliphatic rings. The van der Waals surface area contributed by atoms with Crippen molar-refractivity contribution in [1.82, 2.24) is 15.3 Å². The summed E-state index contributed by atoms with van der Waals surface area (Å²) in [4.78, 5) is 21.6. The van der Waals surface area contributed by atoms with Crippen LogP contribution in [0.5, 0.6) is 5.88 Å². The number of aromatic carboxylic acids is 1. The molecule has 5 rings (SSSR count). The molecule has 1 aromatic heterocycles. The number of rotatable bonds is 7. The van der Waals surface area contributed by atoms with Crippen LogP contribution in [0.15, 0.2) is 77.7 Å². The van der Waals surface area contributed by atoms with Crippen LogP contribution in [-0.2, 0) is 6.42 Å². The number of nitrogens with one attached hydrogen (secondary N) is 2. The monoisotopic (exact) mass is 512 g/mol. The molecular weight excluding hydrogens is 484 g/mol. The Bertz CT molecular complexity index is 1420. The minimum Gasteiger partial charge on any atom is -0.478 e. The lowest BCUT2D eigenvalue weighted by molar-refractivity contribution is 0.0696. The van der Waals surface area contributed by atoms with Crippen LogP contribution in [0, 0.1) is 13.8 Å². The van der Waals surface area contributed by atoms with E-state index in [-0.39, 0.29) is 11.7 Å². The smallest absolute Gasteiger partial charge is 0.335 e. The van der Waals surface area contributed by atoms with Crippen molar-refractivity contribution in [2.24, 2.45) is 0 Å². The Morgan fingerprint density at radius 1 is 1.03 bits per heavy atom. The second-order valence-electron chi connectivity index (χ2n) is 8.98. The van der Waals surface area contributed by atoms with Crippen LogP contribution in [0.2, 0.25) is 0 Å². The van der Waals surface area contributed by atoms with Crippen LogP contribution in [0.1, 0.15) is 38.7 Å². The largest absolute Gasteiger partial charge is 0.478 e. The van der Waals surface area contributed by atoms with E-state index in [1.165, 1.54) is 17.5 Å². The number of carboxylic acid groups (broad SMARTS) is 1. The van der Waals surface area contributed by atoms with Gasteiger partial charge in [-0.3, -0.25) is 4.72 Å². The quantitative estimate of drug-likeness (QED) is 0.266. The van der Waals surface area contributed by atoms with Gasteiger partial charge in [-0.15, -0.1) is 0 Å². The number of aryl methyl sites for hydroxylation is 2. The first-order chi connectivity index (χ1) is 18.0. The van der Waals surface area contributed by atoms with Crippen molar-refractivity contribution in [3.63, 3.8) is 0 Å². The molecule has 37 heavy (non-hydrogen) atoms. The number of nitrogens with zero attached hydrogens (tertiary/aromatic N) is 2. The molecule has 2 heterocycles. The third-order valence-electron chi connectivity index (χ3n) is 6.35. The number of carbonyl (C=O) groups is 1. The number of anilines is 1. The van der Waals surface area contributed by atoms with E-state index in [9.17, 15) is 9.90 Å². The van der Waals surface area contributed by atoms with Gasteiger partial charge < -0.3 is 15.2 Å². The molecule has 188 valence electrons. The minimum atomic E-state index is -0.969. The minimum absolute atomic E-state index is 0.188. The van der Waals surface area contributed by atoms with Crippen molar-refractivity contribution in [3.05, 3.63) is 101 Å². The second kappa shape index (κ2) is 11.0. The Hall–Kier alpha value is -3.88. The molecule has 0 spiro atoms. The lowest BCUT2D eigenvalue weighted by Crippen LogP contribution is -2.24. The van der Waals surface area contributed by atoms with E-state index in [0.29, 0.717) is 18.4 Å². The van der Waals surface area contributed by atoms with Crippen molar-refractivity contribution in [2.75, 3.05) is 17.8 Å². The zero-order chi connectivity index (χ0) is 25.8. The van der Waals surface area contributed by atoms with Crippen molar-refractivity contribution >= 4 is 23.9 Å². The second-order valence-corrected chi connectivity index (χ2v) is 9.86. The Morgan fingerprint density at radius 3 is 2.62 bits per heavy atom. The first kappa shape index (κ1) is 24.8. The summed E-state index contributed by atoms with van der Waals surface area (Å²) < 4.78 is 9.70. The van der Waals surface area contributed by atoms with E-state index in [1.807, 2.05) is 24.3 Å². The fraction of sp³-hybridized carbons (Fsp3) is 0.207. The van der Waals surface area contributed by atoms with Gasteiger partial charge in [-0.1, -0.05) is 48.5 Å². The molecular formula is C29H28N4O3S. The van der Waals surface area contributed by atoms with Gasteiger partial charge in [0.15, 0.2) is 0 Å². The first-order valence-corrected chi connectivity index (χ1v) is 13.0. The molecule has 3 aromatic carbocycles. The number of aromatic nitrogens is 2. The van der Waals surface area contributed by atoms with Crippen LogP contribution in [0.3, 0.4) is 0 Å². The highest BCUT2D eigenvalue weighted by atomic mass is 32.2. The SMILES string of the molecule is Cc1cccc(C)c1-c1cc(OC2CNCCc3ccccc32)nc(NSc2cccc(C(=O)O)c2)n1. The highest BCUT2D eigenvalue weighted by Gasteiger charge is 2.21. The normalized spacial score (nSPS) is 14.9. The van der Waals surface area contributed by atoms with Crippen LogP contribution in [0.25, 0.3) is 11.3 Å². The van der Waals surface area contributed by atoms with Gasteiger partial charge >= 0.3 is 5.97 Å². The van der Waals surface area contributed by atoms with Crippen molar-refractivity contribution in [2.45, 2.75) is 31.3 Å². The van der Waals surface area contributed by atoms with Gasteiger partial charge in [-0.25, -0.2) is 9.78 Å². The summed E-state index contributed by atoms with van der Waals surface area (Å²) in [7, 11) is 0. The van der Waals surface area contributed by atoms with Crippen molar-refractivity contribution in [1.29, 1.82) is 0 Å². The number of hydrogen-bond acceptors (Lipinski definition) is 7. The molecule has 3 N–H and O–H groups in total. The van der Waals surface area contributed by atoms with Gasteiger partial charge in [-0.2, -0.15) is 4.98 Å². The lowest BCUT2D eigenvalue weighted by atomic mass is 10.00. The zero-order valence-electron chi connectivity index (χ0n) is 20.7. The third-order valence-corrected chi connectivity index (χ3v) is 7.12. The van der Waals surface area contributed by atoms with Crippen LogP contribution >= 0.6 is 11.9 Å². The average molecular weight is 513 g/mol. The van der Waals surface area contributed by atoms with Gasteiger partial charge in [0.25, 0.3) is 0 Å². The molecule has 7 nitrogen and oxygen atoms in total. The summed E-state index contributed by atoms with van der Waals surface area (Å²) in [5, 5.41) is 12.8. The summed E-state index contributed by atoms with van der Waals surface area (Å²) >= 11 is 1.26. The Labute approximate surface area is 220 Å². The van der Waals surface area contributed by atoms with E-state index >= 15 is 0 Å². The van der Waals surface area contributed by atoms with Gasteiger partial charge in [0.2, 0.25) is 11.8 Å². The zero-order valence-corrected chi connectivity index (χ0v) is 21.5. The van der Waals surface area contributed by atoms with Crippen molar-refractivity contribution in [3.8, 4) is 17.1 Å².